The number of hydrogen-bond donors (Lipinski definition) is 1. The van der Waals surface area contributed by atoms with E-state index in [0.717, 1.165) is 14.0 Å². The summed E-state index contributed by atoms with van der Waals surface area (Å²) in [6.07, 6.45) is 0. The molecule has 0 aromatic carbocycles. The molecule has 5 nitrogen and oxygen atoms in total. The van der Waals surface area contributed by atoms with Crippen LogP contribution in [-0.4, -0.2) is 35.4 Å². The van der Waals surface area contributed by atoms with Crippen LogP contribution in [0.5, 0.6) is 0 Å². The van der Waals surface area contributed by atoms with Crippen molar-refractivity contribution in [1.29, 1.82) is 0 Å². The topological polar surface area (TPSA) is 72.8 Å². The van der Waals surface area contributed by atoms with Gasteiger partial charge < -0.3 is 14.6 Å². The fourth-order valence-electron chi connectivity index (χ4n) is 0.660. The van der Waals surface area contributed by atoms with Crippen LogP contribution in [0.3, 0.4) is 0 Å². The molecule has 0 heterocycles. The molecule has 1 atom stereocenters. The highest BCUT2D eigenvalue weighted by Crippen LogP contribution is 2.15. The summed E-state index contributed by atoms with van der Waals surface area (Å²) in [5, 5.41) is 9.47. The van der Waals surface area contributed by atoms with Gasteiger partial charge >= 0.3 is 11.9 Å². The molecule has 1 N–H and O–H groups in total. The number of carbonyl (C=O) groups excluding carboxylic acids is 2. The molecule has 0 saturated heterocycles. The third-order valence-corrected chi connectivity index (χ3v) is 1.38. The first-order valence-electron chi connectivity index (χ1n) is 4.15. The summed E-state index contributed by atoms with van der Waals surface area (Å²) in [5.74, 6) is -2.05. The van der Waals surface area contributed by atoms with Crippen LogP contribution in [0, 0.1) is 0 Å². The number of aliphatic hydroxyl groups is 1. The van der Waals surface area contributed by atoms with Crippen molar-refractivity contribution in [2.45, 2.75) is 38.9 Å². The van der Waals surface area contributed by atoms with Crippen molar-refractivity contribution in [3.05, 3.63) is 0 Å². The van der Waals surface area contributed by atoms with Crippen molar-refractivity contribution in [3.63, 3.8) is 0 Å². The smallest absolute Gasteiger partial charge is 0.350 e. The number of hydrogen-bond acceptors (Lipinski definition) is 5. The molecule has 0 aromatic rings. The van der Waals surface area contributed by atoms with Crippen LogP contribution in [0.4, 0.5) is 0 Å². The number of esters is 2. The molecule has 0 saturated carbocycles. The van der Waals surface area contributed by atoms with Crippen LogP contribution in [0.2, 0.25) is 0 Å². The summed E-state index contributed by atoms with van der Waals surface area (Å²) < 4.78 is 9.10. The van der Waals surface area contributed by atoms with Gasteiger partial charge in [-0.05, 0) is 27.7 Å². The van der Waals surface area contributed by atoms with E-state index in [1.165, 1.54) is 0 Å². The van der Waals surface area contributed by atoms with Gasteiger partial charge in [0, 0.05) is 0 Å². The van der Waals surface area contributed by atoms with Gasteiger partial charge in [-0.1, -0.05) is 0 Å². The summed E-state index contributed by atoms with van der Waals surface area (Å²) in [6.45, 7) is 5.95. The van der Waals surface area contributed by atoms with E-state index >= 15 is 0 Å². The van der Waals surface area contributed by atoms with E-state index in [-0.39, 0.29) is 0 Å². The first kappa shape index (κ1) is 12.9. The van der Waals surface area contributed by atoms with Gasteiger partial charge in [0.25, 0.3) is 5.60 Å². The van der Waals surface area contributed by atoms with Crippen LogP contribution in [0.15, 0.2) is 0 Å². The van der Waals surface area contributed by atoms with Gasteiger partial charge in [0.15, 0.2) is 0 Å². The standard InChI is InChI=1S/C9H16O5/c1-8(2,3)14-7(11)9(4,12)6(10)13-5/h12H,1-5H3. The quantitative estimate of drug-likeness (QED) is 0.515. The van der Waals surface area contributed by atoms with E-state index in [0.29, 0.717) is 0 Å². The lowest BCUT2D eigenvalue weighted by Gasteiger charge is -2.25. The summed E-state index contributed by atoms with van der Waals surface area (Å²) in [4.78, 5) is 22.3. The van der Waals surface area contributed by atoms with Crippen LogP contribution < -0.4 is 0 Å². The first-order chi connectivity index (χ1) is 6.11. The number of carbonyl (C=O) groups is 2. The van der Waals surface area contributed by atoms with Crippen LogP contribution >= 0.6 is 0 Å². The van der Waals surface area contributed by atoms with Crippen molar-refractivity contribution >= 4 is 11.9 Å². The molecule has 0 spiro atoms. The maximum absolute atomic E-state index is 11.3. The second-order valence-corrected chi connectivity index (χ2v) is 4.07. The van der Waals surface area contributed by atoms with Crippen molar-refractivity contribution in [2.24, 2.45) is 0 Å². The Morgan fingerprint density at radius 3 is 1.79 bits per heavy atom. The average molecular weight is 204 g/mol. The van der Waals surface area contributed by atoms with Crippen LogP contribution in [0.25, 0.3) is 0 Å². The fraction of sp³-hybridized carbons (Fsp3) is 0.778. The third kappa shape index (κ3) is 3.33. The Hall–Kier alpha value is -1.10. The minimum absolute atomic E-state index is 0.755. The zero-order valence-corrected chi connectivity index (χ0v) is 9.08. The average Bonchev–Trinajstić information content (AvgIpc) is 1.99. The zero-order valence-electron chi connectivity index (χ0n) is 9.08. The van der Waals surface area contributed by atoms with Crippen molar-refractivity contribution in [3.8, 4) is 0 Å². The van der Waals surface area contributed by atoms with Crippen LogP contribution in [0.1, 0.15) is 27.7 Å². The maximum Gasteiger partial charge on any atom is 0.350 e. The van der Waals surface area contributed by atoms with Crippen molar-refractivity contribution < 1.29 is 24.2 Å². The second-order valence-electron chi connectivity index (χ2n) is 4.07. The van der Waals surface area contributed by atoms with Crippen LogP contribution in [-0.2, 0) is 19.1 Å². The lowest BCUT2D eigenvalue weighted by molar-refractivity contribution is -0.187. The minimum atomic E-state index is -2.25. The van der Waals surface area contributed by atoms with Crippen molar-refractivity contribution in [2.75, 3.05) is 7.11 Å². The van der Waals surface area contributed by atoms with Gasteiger partial charge in [0.1, 0.15) is 5.60 Å². The normalized spacial score (nSPS) is 15.6. The third-order valence-electron chi connectivity index (χ3n) is 1.38. The lowest BCUT2D eigenvalue weighted by atomic mass is 10.1. The SMILES string of the molecule is COC(=O)C(C)(O)C(=O)OC(C)(C)C. The molecule has 0 aliphatic heterocycles. The van der Waals surface area contributed by atoms with Gasteiger partial charge in [-0.2, -0.15) is 0 Å². The van der Waals surface area contributed by atoms with Gasteiger partial charge in [-0.25, -0.2) is 9.59 Å². The number of ether oxygens (including phenoxy) is 2. The Morgan fingerprint density at radius 2 is 1.50 bits per heavy atom. The van der Waals surface area contributed by atoms with E-state index in [1.54, 1.807) is 20.8 Å². The summed E-state index contributed by atoms with van der Waals surface area (Å²) in [5.41, 5.74) is -3.00. The maximum atomic E-state index is 11.3. The molecular formula is C9H16O5. The molecule has 0 aromatic heterocycles. The van der Waals surface area contributed by atoms with E-state index in [4.69, 9.17) is 4.74 Å². The largest absolute Gasteiger partial charge is 0.466 e. The zero-order chi connectivity index (χ0) is 11.6. The highest BCUT2D eigenvalue weighted by molar-refractivity contribution is 6.02. The Balaban J connectivity index is 4.60. The molecule has 0 radical (unpaired) electrons. The highest BCUT2D eigenvalue weighted by atomic mass is 16.6. The van der Waals surface area contributed by atoms with E-state index in [1.807, 2.05) is 0 Å². The molecule has 1 unspecified atom stereocenters. The van der Waals surface area contributed by atoms with E-state index in [2.05, 4.69) is 4.74 Å². The molecule has 0 rings (SSSR count). The lowest BCUT2D eigenvalue weighted by Crippen LogP contribution is -2.48. The highest BCUT2D eigenvalue weighted by Gasteiger charge is 2.43. The molecular weight excluding hydrogens is 188 g/mol. The summed E-state index contributed by atoms with van der Waals surface area (Å²) in [6, 6.07) is 0. The molecule has 82 valence electrons. The van der Waals surface area contributed by atoms with Gasteiger partial charge in [0.2, 0.25) is 0 Å². The molecule has 0 fully saturated rings. The van der Waals surface area contributed by atoms with Crippen molar-refractivity contribution in [1.82, 2.24) is 0 Å². The van der Waals surface area contributed by atoms with E-state index < -0.39 is 23.1 Å². The minimum Gasteiger partial charge on any atom is -0.466 e. The summed E-state index contributed by atoms with van der Waals surface area (Å²) in [7, 11) is 1.08. The predicted molar refractivity (Wildman–Crippen MR) is 48.5 cm³/mol. The first-order valence-corrected chi connectivity index (χ1v) is 4.15. The van der Waals surface area contributed by atoms with E-state index in [9.17, 15) is 14.7 Å². The Labute approximate surface area is 83.0 Å². The Morgan fingerprint density at radius 1 is 1.07 bits per heavy atom. The monoisotopic (exact) mass is 204 g/mol. The van der Waals surface area contributed by atoms with Gasteiger partial charge in [-0.3, -0.25) is 0 Å². The molecule has 0 bridgehead atoms. The number of rotatable bonds is 2. The van der Waals surface area contributed by atoms with Gasteiger partial charge in [0.05, 0.1) is 7.11 Å². The molecule has 14 heavy (non-hydrogen) atoms. The fourth-order valence-corrected chi connectivity index (χ4v) is 0.660. The number of methoxy groups -OCH3 is 1. The molecule has 0 aliphatic rings. The van der Waals surface area contributed by atoms with Gasteiger partial charge in [-0.15, -0.1) is 0 Å². The molecule has 0 amide bonds. The Bertz CT molecular complexity index is 236. The predicted octanol–water partition coefficient (Wildman–Crippen LogP) is 0.252. The Kier molecular flexibility index (Phi) is 3.65. The molecule has 0 aliphatic carbocycles. The molecule has 5 heteroatoms. The second kappa shape index (κ2) is 3.96. The summed E-state index contributed by atoms with van der Waals surface area (Å²) >= 11 is 0.